The van der Waals surface area contributed by atoms with E-state index >= 15 is 0 Å². The van der Waals surface area contributed by atoms with Crippen LogP contribution in [0, 0.1) is 6.92 Å². The van der Waals surface area contributed by atoms with Crippen LogP contribution in [0.25, 0.3) is 0 Å². The molecule has 0 saturated carbocycles. The second-order valence-corrected chi connectivity index (χ2v) is 4.37. The summed E-state index contributed by atoms with van der Waals surface area (Å²) < 4.78 is 0. The zero-order valence-corrected chi connectivity index (χ0v) is 10.4. The van der Waals surface area contributed by atoms with Gasteiger partial charge in [0.1, 0.15) is 5.78 Å². The van der Waals surface area contributed by atoms with Gasteiger partial charge in [-0.25, -0.2) is 0 Å². The van der Waals surface area contributed by atoms with Crippen molar-refractivity contribution in [1.82, 2.24) is 0 Å². The second-order valence-electron chi connectivity index (χ2n) is 4.37. The van der Waals surface area contributed by atoms with E-state index in [1.165, 1.54) is 51.4 Å². The van der Waals surface area contributed by atoms with Crippen molar-refractivity contribution in [2.24, 2.45) is 0 Å². The van der Waals surface area contributed by atoms with Crippen molar-refractivity contribution in [3.05, 3.63) is 6.92 Å². The summed E-state index contributed by atoms with van der Waals surface area (Å²) in [6.07, 6.45) is 13.1. The van der Waals surface area contributed by atoms with E-state index in [-0.39, 0.29) is 0 Å². The van der Waals surface area contributed by atoms with Crippen LogP contribution in [0.1, 0.15) is 77.6 Å². The SMILES string of the molecule is [CH2]CC(=O)CCCCCCCCCCC. The summed E-state index contributed by atoms with van der Waals surface area (Å²) in [5, 5.41) is 0. The Kier molecular flexibility index (Phi) is 11.5. The number of hydrogen-bond donors (Lipinski definition) is 0. The molecule has 0 aromatic heterocycles. The van der Waals surface area contributed by atoms with Crippen molar-refractivity contribution in [1.29, 1.82) is 0 Å². The maximum atomic E-state index is 11.0. The lowest BCUT2D eigenvalue weighted by Gasteiger charge is -2.01. The topological polar surface area (TPSA) is 17.1 Å². The summed E-state index contributed by atoms with van der Waals surface area (Å²) in [6, 6.07) is 0. The van der Waals surface area contributed by atoms with Crippen LogP contribution >= 0.6 is 0 Å². The summed E-state index contributed by atoms with van der Waals surface area (Å²) in [5.74, 6) is 0.318. The second kappa shape index (κ2) is 11.7. The Morgan fingerprint density at radius 3 is 1.80 bits per heavy atom. The highest BCUT2D eigenvalue weighted by Gasteiger charge is 1.97. The van der Waals surface area contributed by atoms with Gasteiger partial charge in [0, 0.05) is 12.8 Å². The molecule has 0 aliphatic heterocycles. The first-order valence-corrected chi connectivity index (χ1v) is 6.62. The fraction of sp³-hybridized carbons (Fsp3) is 0.857. The predicted octanol–water partition coefficient (Wildman–Crippen LogP) is 4.70. The summed E-state index contributed by atoms with van der Waals surface area (Å²) in [7, 11) is 0. The van der Waals surface area contributed by atoms with Gasteiger partial charge in [0.05, 0.1) is 0 Å². The van der Waals surface area contributed by atoms with Crippen molar-refractivity contribution in [2.45, 2.75) is 77.6 Å². The number of carbonyl (C=O) groups excluding carboxylic acids is 1. The van der Waals surface area contributed by atoms with Crippen LogP contribution < -0.4 is 0 Å². The third-order valence-corrected chi connectivity index (χ3v) is 2.84. The molecule has 0 aliphatic rings. The molecule has 89 valence electrons. The number of rotatable bonds is 11. The van der Waals surface area contributed by atoms with Gasteiger partial charge in [-0.1, -0.05) is 58.3 Å². The molecule has 0 N–H and O–H groups in total. The van der Waals surface area contributed by atoms with Crippen molar-refractivity contribution in [3.8, 4) is 0 Å². The molecule has 1 radical (unpaired) electrons. The zero-order chi connectivity index (χ0) is 11.4. The third-order valence-electron chi connectivity index (χ3n) is 2.84. The molecule has 0 unspecified atom stereocenters. The quantitative estimate of drug-likeness (QED) is 0.453. The van der Waals surface area contributed by atoms with Crippen LogP contribution in [0.3, 0.4) is 0 Å². The summed E-state index contributed by atoms with van der Waals surface area (Å²) in [5.41, 5.74) is 0. The molecule has 15 heavy (non-hydrogen) atoms. The molecule has 0 heterocycles. The van der Waals surface area contributed by atoms with Gasteiger partial charge in [-0.2, -0.15) is 0 Å². The molecule has 0 spiro atoms. The first-order chi connectivity index (χ1) is 7.31. The van der Waals surface area contributed by atoms with Crippen LogP contribution in [0.4, 0.5) is 0 Å². The Balaban J connectivity index is 2.95. The summed E-state index contributed by atoms with van der Waals surface area (Å²) in [6.45, 7) is 5.84. The van der Waals surface area contributed by atoms with E-state index in [0.717, 1.165) is 12.8 Å². The van der Waals surface area contributed by atoms with Crippen LogP contribution in [0.2, 0.25) is 0 Å². The minimum atomic E-state index is 0.318. The fourth-order valence-corrected chi connectivity index (χ4v) is 1.76. The van der Waals surface area contributed by atoms with Gasteiger partial charge in [0.25, 0.3) is 0 Å². The summed E-state index contributed by atoms with van der Waals surface area (Å²) >= 11 is 0. The standard InChI is InChI=1S/C14H27O/c1-3-5-6-7-8-9-10-11-12-13-14(15)4-2/h2-13H2,1H3. The largest absolute Gasteiger partial charge is 0.300 e. The predicted molar refractivity (Wildman–Crippen MR) is 66.8 cm³/mol. The molecule has 0 aromatic rings. The highest BCUT2D eigenvalue weighted by molar-refractivity contribution is 5.78. The maximum Gasteiger partial charge on any atom is 0.132 e. The Hall–Kier alpha value is -0.330. The van der Waals surface area contributed by atoms with E-state index in [4.69, 9.17) is 0 Å². The highest BCUT2D eigenvalue weighted by atomic mass is 16.1. The van der Waals surface area contributed by atoms with Gasteiger partial charge in [-0.3, -0.25) is 4.79 Å². The molecule has 0 rings (SSSR count). The third kappa shape index (κ3) is 11.6. The minimum absolute atomic E-state index is 0.318. The smallest absolute Gasteiger partial charge is 0.132 e. The van der Waals surface area contributed by atoms with E-state index in [1.807, 2.05) is 0 Å². The van der Waals surface area contributed by atoms with Gasteiger partial charge in [-0.05, 0) is 13.3 Å². The Morgan fingerprint density at radius 2 is 1.33 bits per heavy atom. The maximum absolute atomic E-state index is 11.0. The van der Waals surface area contributed by atoms with E-state index in [2.05, 4.69) is 13.8 Å². The Labute approximate surface area is 95.6 Å². The molecular weight excluding hydrogens is 184 g/mol. The van der Waals surface area contributed by atoms with Gasteiger partial charge < -0.3 is 0 Å². The molecule has 0 bridgehead atoms. The van der Waals surface area contributed by atoms with Crippen molar-refractivity contribution in [2.75, 3.05) is 0 Å². The number of unbranched alkanes of at least 4 members (excludes halogenated alkanes) is 8. The molecule has 0 saturated heterocycles. The molecule has 1 heteroatoms. The van der Waals surface area contributed by atoms with E-state index in [1.54, 1.807) is 0 Å². The summed E-state index contributed by atoms with van der Waals surface area (Å²) in [4.78, 5) is 11.0. The van der Waals surface area contributed by atoms with Crippen LogP contribution in [-0.4, -0.2) is 5.78 Å². The monoisotopic (exact) mass is 211 g/mol. The lowest BCUT2D eigenvalue weighted by Crippen LogP contribution is -1.94. The minimum Gasteiger partial charge on any atom is -0.300 e. The average molecular weight is 211 g/mol. The van der Waals surface area contributed by atoms with Crippen LogP contribution in [0.15, 0.2) is 0 Å². The fourth-order valence-electron chi connectivity index (χ4n) is 1.76. The van der Waals surface area contributed by atoms with Crippen LogP contribution in [-0.2, 0) is 4.79 Å². The molecule has 0 aromatic carbocycles. The molecule has 0 fully saturated rings. The Morgan fingerprint density at radius 1 is 0.867 bits per heavy atom. The number of hydrogen-bond acceptors (Lipinski definition) is 1. The van der Waals surface area contributed by atoms with Crippen molar-refractivity contribution >= 4 is 5.78 Å². The van der Waals surface area contributed by atoms with Gasteiger partial charge in [0.15, 0.2) is 0 Å². The van der Waals surface area contributed by atoms with Gasteiger partial charge in [0.2, 0.25) is 0 Å². The number of ketones is 1. The average Bonchev–Trinajstić information content (AvgIpc) is 2.26. The first kappa shape index (κ1) is 14.7. The molecular formula is C14H27O. The Bertz CT molecular complexity index is 140. The van der Waals surface area contributed by atoms with E-state index in [0.29, 0.717) is 12.2 Å². The van der Waals surface area contributed by atoms with Gasteiger partial charge >= 0.3 is 0 Å². The first-order valence-electron chi connectivity index (χ1n) is 6.62. The molecule has 0 atom stereocenters. The van der Waals surface area contributed by atoms with Crippen molar-refractivity contribution in [3.63, 3.8) is 0 Å². The van der Waals surface area contributed by atoms with Crippen molar-refractivity contribution < 1.29 is 4.79 Å². The molecule has 1 nitrogen and oxygen atoms in total. The number of carbonyl (C=O) groups is 1. The van der Waals surface area contributed by atoms with E-state index in [9.17, 15) is 4.79 Å². The molecule has 0 aliphatic carbocycles. The lowest BCUT2D eigenvalue weighted by molar-refractivity contribution is -0.118. The van der Waals surface area contributed by atoms with E-state index < -0.39 is 0 Å². The van der Waals surface area contributed by atoms with Gasteiger partial charge in [-0.15, -0.1) is 0 Å². The molecule has 0 amide bonds. The van der Waals surface area contributed by atoms with Crippen LogP contribution in [0.5, 0.6) is 0 Å². The lowest BCUT2D eigenvalue weighted by atomic mass is 10.1. The highest BCUT2D eigenvalue weighted by Crippen LogP contribution is 2.10. The number of Topliss-reactive ketones (excluding diaryl/α,β-unsaturated/α-hetero) is 1. The zero-order valence-electron chi connectivity index (χ0n) is 10.4. The normalized spacial score (nSPS) is 10.5.